The first-order chi connectivity index (χ1) is 4.59. The lowest BCUT2D eigenvalue weighted by molar-refractivity contribution is -0.128. The van der Waals surface area contributed by atoms with Gasteiger partial charge in [-0.3, -0.25) is 4.79 Å². The number of hydrogen-bond acceptors (Lipinski definition) is 1. The van der Waals surface area contributed by atoms with Crippen LogP contribution in [-0.4, -0.2) is 16.0 Å². The zero-order chi connectivity index (χ0) is 7.78. The van der Waals surface area contributed by atoms with Crippen molar-refractivity contribution in [1.29, 1.82) is 0 Å². The molecule has 0 bridgehead atoms. The number of rotatable bonds is 2. The molecule has 10 heavy (non-hydrogen) atoms. The van der Waals surface area contributed by atoms with Crippen molar-refractivity contribution in [3.05, 3.63) is 0 Å². The van der Waals surface area contributed by atoms with Crippen LogP contribution in [0.1, 0.15) is 12.8 Å². The summed E-state index contributed by atoms with van der Waals surface area (Å²) < 4.78 is -1.13. The summed E-state index contributed by atoms with van der Waals surface area (Å²) in [5.41, 5.74) is 0. The molecule has 0 aliphatic heterocycles. The van der Waals surface area contributed by atoms with Crippen LogP contribution in [0.5, 0.6) is 0 Å². The fourth-order valence-electron chi connectivity index (χ4n) is 1.000. The van der Waals surface area contributed by atoms with E-state index in [9.17, 15) is 4.79 Å². The first kappa shape index (κ1) is 8.63. The molecule has 1 nitrogen and oxygen atoms in total. The van der Waals surface area contributed by atoms with E-state index in [1.807, 2.05) is 0 Å². The molecule has 0 aromatic heterocycles. The van der Waals surface area contributed by atoms with E-state index in [4.69, 9.17) is 34.8 Å². The van der Waals surface area contributed by atoms with Crippen molar-refractivity contribution >= 4 is 40.6 Å². The maximum atomic E-state index is 10.7. The third kappa shape index (κ3) is 1.27. The van der Waals surface area contributed by atoms with Crippen molar-refractivity contribution < 1.29 is 4.79 Å². The standard InChI is InChI=1S/C6H7Cl3O/c7-2-1-4-3-5(10)6(4,8)9/h4H,1-3H2. The molecule has 0 saturated heterocycles. The lowest BCUT2D eigenvalue weighted by atomic mass is 9.81. The van der Waals surface area contributed by atoms with Crippen LogP contribution >= 0.6 is 34.8 Å². The van der Waals surface area contributed by atoms with Gasteiger partial charge in [-0.1, -0.05) is 23.2 Å². The maximum absolute atomic E-state index is 10.7. The third-order valence-electron chi connectivity index (χ3n) is 1.77. The van der Waals surface area contributed by atoms with Crippen LogP contribution in [-0.2, 0) is 4.79 Å². The Morgan fingerprint density at radius 3 is 2.50 bits per heavy atom. The van der Waals surface area contributed by atoms with Crippen molar-refractivity contribution in [3.63, 3.8) is 0 Å². The third-order valence-corrected chi connectivity index (χ3v) is 3.03. The van der Waals surface area contributed by atoms with Gasteiger partial charge in [0, 0.05) is 18.2 Å². The Labute approximate surface area is 74.6 Å². The molecule has 1 aliphatic rings. The summed E-state index contributed by atoms with van der Waals surface area (Å²) in [7, 11) is 0. The number of hydrogen-bond donors (Lipinski definition) is 0. The summed E-state index contributed by atoms with van der Waals surface area (Å²) in [6.45, 7) is 0. The second-order valence-electron chi connectivity index (χ2n) is 2.42. The molecule has 0 spiro atoms. The van der Waals surface area contributed by atoms with Gasteiger partial charge in [0.05, 0.1) is 0 Å². The quantitative estimate of drug-likeness (QED) is 0.627. The number of Topliss-reactive ketones (excluding diaryl/α,β-unsaturated/α-hetero) is 1. The second-order valence-corrected chi connectivity index (χ2v) is 4.19. The lowest BCUT2D eigenvalue weighted by Gasteiger charge is -2.37. The Hall–Kier alpha value is 0.540. The molecule has 4 heteroatoms. The number of carbonyl (C=O) groups excluding carboxylic acids is 1. The van der Waals surface area contributed by atoms with E-state index < -0.39 is 4.33 Å². The van der Waals surface area contributed by atoms with Gasteiger partial charge in [0.15, 0.2) is 10.1 Å². The van der Waals surface area contributed by atoms with Gasteiger partial charge in [0.1, 0.15) is 0 Å². The molecule has 0 amide bonds. The average Bonchev–Trinajstić information content (AvgIpc) is 1.88. The van der Waals surface area contributed by atoms with Crippen molar-refractivity contribution in [3.8, 4) is 0 Å². The molecule has 1 rings (SSSR count). The molecule has 0 N–H and O–H groups in total. The summed E-state index contributed by atoms with van der Waals surface area (Å²) >= 11 is 16.8. The smallest absolute Gasteiger partial charge is 0.179 e. The zero-order valence-corrected chi connectivity index (χ0v) is 7.51. The molecule has 1 saturated carbocycles. The van der Waals surface area contributed by atoms with E-state index in [1.54, 1.807) is 0 Å². The van der Waals surface area contributed by atoms with Gasteiger partial charge in [-0.2, -0.15) is 0 Å². The molecule has 1 aliphatic carbocycles. The highest BCUT2D eigenvalue weighted by Crippen LogP contribution is 2.46. The van der Waals surface area contributed by atoms with Crippen LogP contribution in [0.15, 0.2) is 0 Å². The Kier molecular flexibility index (Phi) is 2.49. The molecule has 0 aromatic carbocycles. The van der Waals surface area contributed by atoms with E-state index in [-0.39, 0.29) is 11.7 Å². The molecular weight excluding hydrogens is 194 g/mol. The number of halogens is 3. The van der Waals surface area contributed by atoms with Crippen molar-refractivity contribution in [1.82, 2.24) is 0 Å². The van der Waals surface area contributed by atoms with Gasteiger partial charge in [-0.05, 0) is 6.42 Å². The van der Waals surface area contributed by atoms with Crippen LogP contribution in [0.3, 0.4) is 0 Å². The molecule has 1 fully saturated rings. The lowest BCUT2D eigenvalue weighted by Crippen LogP contribution is -2.47. The Morgan fingerprint density at radius 2 is 2.20 bits per heavy atom. The van der Waals surface area contributed by atoms with Gasteiger partial charge >= 0.3 is 0 Å². The highest BCUT2D eigenvalue weighted by molar-refractivity contribution is 6.60. The van der Waals surface area contributed by atoms with Crippen LogP contribution in [0.4, 0.5) is 0 Å². The predicted octanol–water partition coefficient (Wildman–Crippen LogP) is 2.38. The maximum Gasteiger partial charge on any atom is 0.179 e. The number of alkyl halides is 3. The average molecular weight is 201 g/mol. The SMILES string of the molecule is O=C1CC(CCCl)C1(Cl)Cl. The topological polar surface area (TPSA) is 17.1 Å². The minimum Gasteiger partial charge on any atom is -0.296 e. The predicted molar refractivity (Wildman–Crippen MR) is 42.9 cm³/mol. The van der Waals surface area contributed by atoms with Gasteiger partial charge in [0.25, 0.3) is 0 Å². The van der Waals surface area contributed by atoms with Crippen molar-refractivity contribution in [2.75, 3.05) is 5.88 Å². The second kappa shape index (κ2) is 2.88. The summed E-state index contributed by atoms with van der Waals surface area (Å²) in [6.07, 6.45) is 1.21. The van der Waals surface area contributed by atoms with E-state index in [0.29, 0.717) is 12.3 Å². The fraction of sp³-hybridized carbons (Fsp3) is 0.833. The number of ketones is 1. The first-order valence-corrected chi connectivity index (χ1v) is 4.35. The minimum absolute atomic E-state index is 0.0702. The van der Waals surface area contributed by atoms with Crippen LogP contribution in [0, 0.1) is 5.92 Å². The largest absolute Gasteiger partial charge is 0.296 e. The molecule has 0 radical (unpaired) electrons. The normalized spacial score (nSPS) is 29.9. The monoisotopic (exact) mass is 200 g/mol. The van der Waals surface area contributed by atoms with Crippen LogP contribution < -0.4 is 0 Å². The highest BCUT2D eigenvalue weighted by Gasteiger charge is 2.51. The van der Waals surface area contributed by atoms with Crippen molar-refractivity contribution in [2.45, 2.75) is 17.2 Å². The summed E-state index contributed by atoms with van der Waals surface area (Å²) in [5.74, 6) is 0.505. The van der Waals surface area contributed by atoms with Gasteiger partial charge in [-0.25, -0.2) is 0 Å². The fourth-order valence-corrected chi connectivity index (χ4v) is 1.79. The molecule has 58 valence electrons. The van der Waals surface area contributed by atoms with E-state index in [2.05, 4.69) is 0 Å². The molecule has 1 atom stereocenters. The zero-order valence-electron chi connectivity index (χ0n) is 5.24. The summed E-state index contributed by atoms with van der Waals surface area (Å²) in [4.78, 5) is 10.7. The van der Waals surface area contributed by atoms with Gasteiger partial charge < -0.3 is 0 Å². The molecule has 0 heterocycles. The van der Waals surface area contributed by atoms with Gasteiger partial charge in [-0.15, -0.1) is 11.6 Å². The van der Waals surface area contributed by atoms with Crippen LogP contribution in [0.25, 0.3) is 0 Å². The summed E-state index contributed by atoms with van der Waals surface area (Å²) in [6, 6.07) is 0. The minimum atomic E-state index is -1.13. The Balaban J connectivity index is 2.46. The van der Waals surface area contributed by atoms with E-state index in [1.165, 1.54) is 0 Å². The Morgan fingerprint density at radius 1 is 1.60 bits per heavy atom. The van der Waals surface area contributed by atoms with E-state index >= 15 is 0 Å². The summed E-state index contributed by atoms with van der Waals surface area (Å²) in [5, 5.41) is 0. The van der Waals surface area contributed by atoms with E-state index in [0.717, 1.165) is 6.42 Å². The first-order valence-electron chi connectivity index (χ1n) is 3.06. The molecular formula is C6H7Cl3O. The number of carbonyl (C=O) groups is 1. The molecule has 0 aromatic rings. The van der Waals surface area contributed by atoms with Crippen LogP contribution in [0.2, 0.25) is 0 Å². The highest BCUT2D eigenvalue weighted by atomic mass is 35.5. The molecule has 1 unspecified atom stereocenters. The van der Waals surface area contributed by atoms with Gasteiger partial charge in [0.2, 0.25) is 0 Å². The van der Waals surface area contributed by atoms with Crippen molar-refractivity contribution in [2.24, 2.45) is 5.92 Å². The Bertz CT molecular complexity index is 155.